The summed E-state index contributed by atoms with van der Waals surface area (Å²) in [7, 11) is 0. The Morgan fingerprint density at radius 2 is 1.86 bits per heavy atom. The molecule has 4 nitrogen and oxygen atoms in total. The molecular weight excluding hydrogens is 286 g/mol. The Balaban J connectivity index is 2.42. The summed E-state index contributed by atoms with van der Waals surface area (Å²) in [6.45, 7) is 11.4. The van der Waals surface area contributed by atoms with Crippen molar-refractivity contribution in [3.63, 3.8) is 0 Å². The molecule has 0 aromatic carbocycles. The van der Waals surface area contributed by atoms with Gasteiger partial charge in [-0.2, -0.15) is 0 Å². The van der Waals surface area contributed by atoms with Crippen molar-refractivity contribution in [1.29, 1.82) is 0 Å². The maximum atomic E-state index is 12.2. The molecule has 0 unspecified atom stereocenters. The molecule has 0 amide bonds. The molecule has 0 aliphatic heterocycles. The van der Waals surface area contributed by atoms with Crippen LogP contribution in [0.5, 0.6) is 0 Å². The lowest BCUT2D eigenvalue weighted by atomic mass is 10.1. The minimum absolute atomic E-state index is 0.383. The molecular formula is C16H21NO3S. The van der Waals surface area contributed by atoms with Crippen LogP contribution in [0.4, 0.5) is 5.69 Å². The highest BCUT2D eigenvalue weighted by Gasteiger charge is 2.24. The Labute approximate surface area is 128 Å². The smallest absolute Gasteiger partial charge is 0.350 e. The summed E-state index contributed by atoms with van der Waals surface area (Å²) in [4.78, 5) is 13.6. The van der Waals surface area contributed by atoms with Gasteiger partial charge in [0.05, 0.1) is 5.69 Å². The molecule has 2 heterocycles. The molecule has 0 aliphatic rings. The van der Waals surface area contributed by atoms with Crippen molar-refractivity contribution >= 4 is 23.0 Å². The number of esters is 1. The fraction of sp³-hybridized carbons (Fsp3) is 0.438. The van der Waals surface area contributed by atoms with Gasteiger partial charge in [-0.1, -0.05) is 0 Å². The van der Waals surface area contributed by atoms with E-state index in [4.69, 9.17) is 14.9 Å². The van der Waals surface area contributed by atoms with Crippen LogP contribution in [0, 0.1) is 20.8 Å². The monoisotopic (exact) mass is 307 g/mol. The zero-order valence-electron chi connectivity index (χ0n) is 13.3. The van der Waals surface area contributed by atoms with Crippen molar-refractivity contribution in [2.45, 2.75) is 47.1 Å². The van der Waals surface area contributed by atoms with Crippen LogP contribution in [0.2, 0.25) is 0 Å². The largest absolute Gasteiger partial charge is 0.466 e. The number of nitrogen functional groups attached to an aromatic ring is 1. The fourth-order valence-corrected chi connectivity index (χ4v) is 3.27. The first-order valence-corrected chi connectivity index (χ1v) is 7.61. The van der Waals surface area contributed by atoms with Gasteiger partial charge in [-0.25, -0.2) is 4.79 Å². The van der Waals surface area contributed by atoms with Gasteiger partial charge in [0, 0.05) is 10.4 Å². The third-order valence-electron chi connectivity index (χ3n) is 3.15. The number of ether oxygens (including phenoxy) is 1. The quantitative estimate of drug-likeness (QED) is 0.831. The third kappa shape index (κ3) is 3.13. The Bertz CT molecular complexity index is 689. The lowest BCUT2D eigenvalue weighted by molar-refractivity contribution is 0.00764. The molecule has 2 N–H and O–H groups in total. The van der Waals surface area contributed by atoms with Gasteiger partial charge in [-0.15, -0.1) is 11.3 Å². The number of anilines is 1. The van der Waals surface area contributed by atoms with Gasteiger partial charge in [-0.05, 0) is 53.2 Å². The van der Waals surface area contributed by atoms with E-state index in [0.29, 0.717) is 10.6 Å². The maximum Gasteiger partial charge on any atom is 0.350 e. The number of carbonyl (C=O) groups is 1. The van der Waals surface area contributed by atoms with E-state index in [1.54, 1.807) is 0 Å². The van der Waals surface area contributed by atoms with Gasteiger partial charge < -0.3 is 14.9 Å². The Hall–Kier alpha value is -1.75. The maximum absolute atomic E-state index is 12.2. The lowest BCUT2D eigenvalue weighted by Gasteiger charge is -2.18. The Kier molecular flexibility index (Phi) is 3.89. The molecule has 0 bridgehead atoms. The van der Waals surface area contributed by atoms with E-state index in [2.05, 4.69) is 0 Å². The number of hydrogen-bond donors (Lipinski definition) is 1. The zero-order chi connectivity index (χ0) is 15.9. The SMILES string of the molecule is Cc1oc(C)c(-c2cc(N)c(C(=O)OC(C)(C)C)s2)c1C. The predicted octanol–water partition coefficient (Wildman–Crippen LogP) is 4.47. The third-order valence-corrected chi connectivity index (χ3v) is 4.30. The molecule has 0 spiro atoms. The molecule has 21 heavy (non-hydrogen) atoms. The van der Waals surface area contributed by atoms with Crippen LogP contribution in [0.1, 0.15) is 47.5 Å². The second-order valence-corrected chi connectivity index (χ2v) is 7.16. The number of furan rings is 1. The van der Waals surface area contributed by atoms with Crippen LogP contribution in [-0.4, -0.2) is 11.6 Å². The molecule has 2 aromatic rings. The molecule has 0 saturated heterocycles. The van der Waals surface area contributed by atoms with Crippen molar-refractivity contribution in [3.05, 3.63) is 28.0 Å². The average molecular weight is 307 g/mol. The second-order valence-electron chi connectivity index (χ2n) is 6.11. The molecule has 2 aromatic heterocycles. The van der Waals surface area contributed by atoms with E-state index < -0.39 is 5.60 Å². The average Bonchev–Trinajstić information content (AvgIpc) is 2.79. The van der Waals surface area contributed by atoms with E-state index >= 15 is 0 Å². The highest BCUT2D eigenvalue weighted by Crippen LogP contribution is 2.39. The Morgan fingerprint density at radius 1 is 1.24 bits per heavy atom. The zero-order valence-corrected chi connectivity index (χ0v) is 14.1. The van der Waals surface area contributed by atoms with Crippen molar-refractivity contribution < 1.29 is 13.9 Å². The normalized spacial score (nSPS) is 11.7. The minimum atomic E-state index is -0.536. The van der Waals surface area contributed by atoms with E-state index in [0.717, 1.165) is 27.5 Å². The number of rotatable bonds is 2. The first kappa shape index (κ1) is 15.6. The molecule has 0 aliphatic carbocycles. The molecule has 0 atom stereocenters. The van der Waals surface area contributed by atoms with Crippen LogP contribution in [0.25, 0.3) is 10.4 Å². The topological polar surface area (TPSA) is 65.5 Å². The minimum Gasteiger partial charge on any atom is -0.466 e. The van der Waals surface area contributed by atoms with Gasteiger partial charge in [0.1, 0.15) is 22.0 Å². The van der Waals surface area contributed by atoms with E-state index in [9.17, 15) is 4.79 Å². The summed E-state index contributed by atoms with van der Waals surface area (Å²) in [5.74, 6) is 1.34. The van der Waals surface area contributed by atoms with Crippen LogP contribution in [-0.2, 0) is 4.74 Å². The summed E-state index contributed by atoms with van der Waals surface area (Å²) in [6, 6.07) is 1.81. The molecule has 114 valence electrons. The summed E-state index contributed by atoms with van der Waals surface area (Å²) < 4.78 is 11.0. The number of nitrogens with two attached hydrogens (primary N) is 1. The lowest BCUT2D eigenvalue weighted by Crippen LogP contribution is -2.23. The molecule has 0 fully saturated rings. The second kappa shape index (κ2) is 5.22. The van der Waals surface area contributed by atoms with Crippen molar-refractivity contribution in [2.75, 3.05) is 5.73 Å². The van der Waals surface area contributed by atoms with Gasteiger partial charge in [0.25, 0.3) is 0 Å². The summed E-state index contributed by atoms with van der Waals surface area (Å²) in [5, 5.41) is 0. The standard InChI is InChI=1S/C16H21NO3S/c1-8-9(2)19-10(3)13(8)12-7-11(17)14(21-12)15(18)20-16(4,5)6/h7H,17H2,1-6H3. The van der Waals surface area contributed by atoms with Gasteiger partial charge >= 0.3 is 5.97 Å². The fourth-order valence-electron chi connectivity index (χ4n) is 2.17. The van der Waals surface area contributed by atoms with E-state index in [-0.39, 0.29) is 5.97 Å². The van der Waals surface area contributed by atoms with Crippen molar-refractivity contribution in [2.24, 2.45) is 0 Å². The van der Waals surface area contributed by atoms with Gasteiger partial charge in [0.15, 0.2) is 0 Å². The number of hydrogen-bond acceptors (Lipinski definition) is 5. The van der Waals surface area contributed by atoms with Gasteiger partial charge in [-0.3, -0.25) is 0 Å². The van der Waals surface area contributed by atoms with Crippen LogP contribution >= 0.6 is 11.3 Å². The predicted molar refractivity (Wildman–Crippen MR) is 85.8 cm³/mol. The first-order chi connectivity index (χ1) is 9.60. The molecule has 2 rings (SSSR count). The molecule has 0 saturated carbocycles. The first-order valence-electron chi connectivity index (χ1n) is 6.79. The summed E-state index contributed by atoms with van der Waals surface area (Å²) >= 11 is 1.34. The molecule has 5 heteroatoms. The van der Waals surface area contributed by atoms with Crippen molar-refractivity contribution in [3.8, 4) is 10.4 Å². The summed E-state index contributed by atoms with van der Waals surface area (Å²) in [6.07, 6.45) is 0. The van der Waals surface area contributed by atoms with E-state index in [1.165, 1.54) is 11.3 Å². The van der Waals surface area contributed by atoms with Crippen molar-refractivity contribution in [1.82, 2.24) is 0 Å². The highest BCUT2D eigenvalue weighted by atomic mass is 32.1. The van der Waals surface area contributed by atoms with E-state index in [1.807, 2.05) is 47.6 Å². The van der Waals surface area contributed by atoms with Gasteiger partial charge in [0.2, 0.25) is 0 Å². The number of carbonyl (C=O) groups excluding carboxylic acids is 1. The molecule has 0 radical (unpaired) electrons. The van der Waals surface area contributed by atoms with Crippen LogP contribution in [0.3, 0.4) is 0 Å². The highest BCUT2D eigenvalue weighted by molar-refractivity contribution is 7.18. The van der Waals surface area contributed by atoms with Crippen LogP contribution < -0.4 is 5.73 Å². The van der Waals surface area contributed by atoms with Crippen LogP contribution in [0.15, 0.2) is 10.5 Å². The number of thiophene rings is 1. The number of aryl methyl sites for hydroxylation is 2. The Morgan fingerprint density at radius 3 is 2.33 bits per heavy atom. The summed E-state index contributed by atoms with van der Waals surface area (Å²) in [5.41, 5.74) is 7.98.